The molecule has 3 heterocycles. The maximum Gasteiger partial charge on any atom is 0.276 e. The van der Waals surface area contributed by atoms with Gasteiger partial charge in [0.15, 0.2) is 5.69 Å². The number of halogens is 1. The minimum absolute atomic E-state index is 0.0255. The first-order valence-electron chi connectivity index (χ1n) is 12.1. The molecule has 13 heteroatoms. The van der Waals surface area contributed by atoms with Crippen LogP contribution in [0.4, 0.5) is 10.1 Å². The van der Waals surface area contributed by atoms with Gasteiger partial charge in [-0.3, -0.25) is 19.1 Å². The van der Waals surface area contributed by atoms with Crippen molar-refractivity contribution >= 4 is 17.5 Å². The quantitative estimate of drug-likeness (QED) is 0.391. The number of aromatic amines is 1. The summed E-state index contributed by atoms with van der Waals surface area (Å²) in [5.41, 5.74) is 0.350. The fourth-order valence-electron chi connectivity index (χ4n) is 4.64. The molecular weight excluding hydrogens is 485 g/mol. The normalized spacial score (nSPS) is 19.2. The van der Waals surface area contributed by atoms with Gasteiger partial charge in [-0.1, -0.05) is 24.9 Å². The Kier molecular flexibility index (Phi) is 8.11. The van der Waals surface area contributed by atoms with Crippen molar-refractivity contribution in [3.8, 4) is 0 Å². The third-order valence-electron chi connectivity index (χ3n) is 6.74. The number of carbonyl (C=O) groups excluding carboxylic acids is 2. The molecule has 3 aromatic rings. The fraction of sp³-hybridized carbons (Fsp3) is 0.500. The first kappa shape index (κ1) is 26.2. The molecule has 2 atom stereocenters. The third kappa shape index (κ3) is 6.10. The van der Waals surface area contributed by atoms with Crippen LogP contribution in [0.2, 0.25) is 0 Å². The Hall–Kier alpha value is -3.87. The number of amides is 2. The van der Waals surface area contributed by atoms with Crippen molar-refractivity contribution in [3.63, 3.8) is 0 Å². The number of aromatic nitrogens is 5. The Morgan fingerprint density at radius 1 is 1.30 bits per heavy atom. The Labute approximate surface area is 211 Å². The molecule has 3 N–H and O–H groups in total. The molecule has 3 aromatic heterocycles. The Balaban J connectivity index is 1.54. The van der Waals surface area contributed by atoms with E-state index in [9.17, 15) is 18.8 Å². The Bertz CT molecular complexity index is 1290. The molecule has 198 valence electrons. The van der Waals surface area contributed by atoms with Gasteiger partial charge in [0.2, 0.25) is 5.91 Å². The lowest BCUT2D eigenvalue weighted by atomic mass is 9.79. The minimum Gasteiger partial charge on any atom is -0.382 e. The van der Waals surface area contributed by atoms with Crippen LogP contribution in [0.15, 0.2) is 34.1 Å². The molecule has 0 saturated heterocycles. The van der Waals surface area contributed by atoms with Gasteiger partial charge in [-0.05, 0) is 42.8 Å². The molecule has 0 spiro atoms. The molecule has 1 aliphatic carbocycles. The summed E-state index contributed by atoms with van der Waals surface area (Å²) in [5.74, 6) is -1.07. The van der Waals surface area contributed by atoms with E-state index in [1.54, 1.807) is 6.92 Å². The van der Waals surface area contributed by atoms with Crippen LogP contribution in [0.5, 0.6) is 0 Å². The van der Waals surface area contributed by atoms with Crippen molar-refractivity contribution in [2.24, 2.45) is 11.8 Å². The zero-order valence-corrected chi connectivity index (χ0v) is 20.9. The summed E-state index contributed by atoms with van der Waals surface area (Å²) in [6.07, 6.45) is 7.39. The van der Waals surface area contributed by atoms with Gasteiger partial charge in [-0.2, -0.15) is 5.10 Å². The van der Waals surface area contributed by atoms with Gasteiger partial charge in [0.1, 0.15) is 23.6 Å². The predicted octanol–water partition coefficient (Wildman–Crippen LogP) is 2.20. The molecule has 1 fully saturated rings. The highest BCUT2D eigenvalue weighted by Gasteiger charge is 2.34. The summed E-state index contributed by atoms with van der Waals surface area (Å²) in [6.45, 7) is 3.81. The number of pyridine rings is 1. The van der Waals surface area contributed by atoms with Crippen LogP contribution >= 0.6 is 0 Å². The summed E-state index contributed by atoms with van der Waals surface area (Å²) in [4.78, 5) is 40.9. The van der Waals surface area contributed by atoms with Crippen LogP contribution in [0.3, 0.4) is 0 Å². The monoisotopic (exact) mass is 515 g/mol. The van der Waals surface area contributed by atoms with E-state index in [1.807, 2.05) is 0 Å². The standard InChI is InChI=1S/C24H30FN7O5/c1-13-4-6-15(7-5-13)21(29-23(34)20-14(2)30-37-31-20)24(35)28-17-10-27-32(11-17)19(12-36-3)18-8-16(25)9-26-22(18)33/h8-11,13,15,19,21H,4-7,12H2,1-3H3,(H,26,33)(H,28,35)(H,29,34). The molecular formula is C24H30FN7O5. The summed E-state index contributed by atoms with van der Waals surface area (Å²) in [5, 5.41) is 17.2. The second-order valence-corrected chi connectivity index (χ2v) is 9.44. The number of rotatable bonds is 9. The molecule has 0 bridgehead atoms. The van der Waals surface area contributed by atoms with Crippen molar-refractivity contribution in [1.82, 2.24) is 30.4 Å². The maximum atomic E-state index is 13.8. The summed E-state index contributed by atoms with van der Waals surface area (Å²) in [6, 6.07) is -0.424. The molecule has 37 heavy (non-hydrogen) atoms. The smallest absolute Gasteiger partial charge is 0.276 e. The molecule has 2 unspecified atom stereocenters. The average Bonchev–Trinajstić information content (AvgIpc) is 3.52. The number of nitrogens with one attached hydrogen (secondary N) is 3. The topological polar surface area (TPSA) is 157 Å². The number of aryl methyl sites for hydroxylation is 1. The molecule has 0 aliphatic heterocycles. The number of anilines is 1. The van der Waals surface area contributed by atoms with E-state index in [4.69, 9.17) is 4.74 Å². The largest absolute Gasteiger partial charge is 0.382 e. The second-order valence-electron chi connectivity index (χ2n) is 9.44. The number of methoxy groups -OCH3 is 1. The van der Waals surface area contributed by atoms with Gasteiger partial charge in [0.05, 0.1) is 18.5 Å². The highest BCUT2D eigenvalue weighted by molar-refractivity contribution is 6.00. The van der Waals surface area contributed by atoms with Gasteiger partial charge in [0.25, 0.3) is 11.5 Å². The number of ether oxygens (including phenoxy) is 1. The molecule has 1 saturated carbocycles. The molecule has 1 aliphatic rings. The van der Waals surface area contributed by atoms with Crippen molar-refractivity contribution in [1.29, 1.82) is 0 Å². The van der Waals surface area contributed by atoms with E-state index < -0.39 is 35.3 Å². The highest BCUT2D eigenvalue weighted by Crippen LogP contribution is 2.31. The SMILES string of the molecule is COCC(c1cc(F)c[nH]c1=O)n1cc(NC(=O)C(NC(=O)c2nonc2C)C2CCC(C)CC2)cn1. The van der Waals surface area contributed by atoms with Gasteiger partial charge < -0.3 is 20.4 Å². The Morgan fingerprint density at radius 3 is 2.73 bits per heavy atom. The zero-order valence-electron chi connectivity index (χ0n) is 20.9. The molecule has 2 amide bonds. The summed E-state index contributed by atoms with van der Waals surface area (Å²) in [7, 11) is 1.46. The van der Waals surface area contributed by atoms with Gasteiger partial charge in [-0.25, -0.2) is 9.02 Å². The molecule has 0 radical (unpaired) electrons. The van der Waals surface area contributed by atoms with E-state index >= 15 is 0 Å². The predicted molar refractivity (Wildman–Crippen MR) is 129 cm³/mol. The van der Waals surface area contributed by atoms with Crippen molar-refractivity contribution in [3.05, 3.63) is 57.8 Å². The summed E-state index contributed by atoms with van der Waals surface area (Å²) >= 11 is 0. The lowest BCUT2D eigenvalue weighted by molar-refractivity contribution is -0.119. The highest BCUT2D eigenvalue weighted by atomic mass is 19.1. The lowest BCUT2D eigenvalue weighted by Gasteiger charge is -2.32. The van der Waals surface area contributed by atoms with Crippen LogP contribution in [-0.4, -0.2) is 56.7 Å². The first-order chi connectivity index (χ1) is 17.8. The van der Waals surface area contributed by atoms with E-state index in [0.717, 1.165) is 37.9 Å². The Morgan fingerprint density at radius 2 is 2.05 bits per heavy atom. The van der Waals surface area contributed by atoms with E-state index in [-0.39, 0.29) is 23.8 Å². The third-order valence-corrected chi connectivity index (χ3v) is 6.74. The molecule has 4 rings (SSSR count). The number of carbonyl (C=O) groups is 2. The van der Waals surface area contributed by atoms with Gasteiger partial charge in [-0.15, -0.1) is 0 Å². The fourth-order valence-corrected chi connectivity index (χ4v) is 4.64. The number of hydrogen-bond acceptors (Lipinski definition) is 8. The van der Waals surface area contributed by atoms with Crippen LogP contribution in [0, 0.1) is 24.6 Å². The second kappa shape index (κ2) is 11.5. The van der Waals surface area contributed by atoms with Crippen LogP contribution in [0.1, 0.15) is 60.4 Å². The average molecular weight is 516 g/mol. The van der Waals surface area contributed by atoms with Crippen LogP contribution in [-0.2, 0) is 9.53 Å². The number of H-pyrrole nitrogens is 1. The van der Waals surface area contributed by atoms with E-state index in [1.165, 1.54) is 24.2 Å². The van der Waals surface area contributed by atoms with Crippen molar-refractivity contribution < 1.29 is 23.3 Å². The number of hydrogen-bond donors (Lipinski definition) is 3. The van der Waals surface area contributed by atoms with E-state index in [2.05, 4.69) is 42.6 Å². The zero-order chi connectivity index (χ0) is 26.5. The first-order valence-corrected chi connectivity index (χ1v) is 12.1. The number of nitrogens with zero attached hydrogens (tertiary/aromatic N) is 4. The van der Waals surface area contributed by atoms with Crippen LogP contribution in [0.25, 0.3) is 0 Å². The van der Waals surface area contributed by atoms with Crippen LogP contribution < -0.4 is 16.2 Å². The van der Waals surface area contributed by atoms with Crippen molar-refractivity contribution in [2.75, 3.05) is 19.0 Å². The minimum atomic E-state index is -0.819. The summed E-state index contributed by atoms with van der Waals surface area (Å²) < 4.78 is 25.1. The maximum absolute atomic E-state index is 13.8. The van der Waals surface area contributed by atoms with E-state index in [0.29, 0.717) is 17.3 Å². The van der Waals surface area contributed by atoms with Crippen molar-refractivity contribution in [2.45, 2.75) is 51.6 Å². The van der Waals surface area contributed by atoms with Gasteiger partial charge >= 0.3 is 0 Å². The lowest BCUT2D eigenvalue weighted by Crippen LogP contribution is -2.49. The van der Waals surface area contributed by atoms with Gasteiger partial charge in [0, 0.05) is 25.1 Å². The molecule has 12 nitrogen and oxygen atoms in total. The molecule has 0 aromatic carbocycles.